The van der Waals surface area contributed by atoms with E-state index in [4.69, 9.17) is 4.74 Å². The minimum absolute atomic E-state index is 0.0199. The summed E-state index contributed by atoms with van der Waals surface area (Å²) >= 11 is 0. The largest absolute Gasteiger partial charge is 0.508 e. The Kier molecular flexibility index (Phi) is 4.10. The van der Waals surface area contributed by atoms with Crippen LogP contribution in [0.1, 0.15) is 29.3 Å². The molecule has 19 heavy (non-hydrogen) atoms. The molecule has 1 aliphatic heterocycles. The second kappa shape index (κ2) is 5.61. The molecule has 1 aromatic carbocycles. The number of rotatable bonds is 2. The molecule has 1 fully saturated rings. The first-order valence-electron chi connectivity index (χ1n) is 6.64. The van der Waals surface area contributed by atoms with Crippen molar-refractivity contribution in [2.45, 2.75) is 26.4 Å². The van der Waals surface area contributed by atoms with Crippen LogP contribution in [0.3, 0.4) is 0 Å². The first kappa shape index (κ1) is 13.9. The average Bonchev–Trinajstić information content (AvgIpc) is 2.38. The van der Waals surface area contributed by atoms with Gasteiger partial charge >= 0.3 is 0 Å². The smallest absolute Gasteiger partial charge is 0.254 e. The first-order chi connectivity index (χ1) is 9.02. The van der Waals surface area contributed by atoms with E-state index in [0.717, 1.165) is 18.5 Å². The standard InChI is InChI=1S/C15H21NO3/c1-10-6-7-16(9-14(10)19-3)15(18)13-5-4-12(17)8-11(13)2/h4-5,8,10,14,17H,6-7,9H2,1-3H3. The van der Waals surface area contributed by atoms with Gasteiger partial charge in [-0.25, -0.2) is 0 Å². The van der Waals surface area contributed by atoms with E-state index in [2.05, 4.69) is 6.92 Å². The van der Waals surface area contributed by atoms with E-state index >= 15 is 0 Å². The number of aromatic hydroxyl groups is 1. The number of carbonyl (C=O) groups is 1. The van der Waals surface area contributed by atoms with Crippen LogP contribution in [0.25, 0.3) is 0 Å². The van der Waals surface area contributed by atoms with Crippen LogP contribution in [0, 0.1) is 12.8 Å². The summed E-state index contributed by atoms with van der Waals surface area (Å²) in [4.78, 5) is 14.3. The molecule has 4 heteroatoms. The maximum Gasteiger partial charge on any atom is 0.254 e. The Bertz CT molecular complexity index is 472. The van der Waals surface area contributed by atoms with Crippen LogP contribution in [-0.4, -0.2) is 42.2 Å². The average molecular weight is 263 g/mol. The lowest BCUT2D eigenvalue weighted by atomic mass is 9.95. The topological polar surface area (TPSA) is 49.8 Å². The molecule has 2 rings (SSSR count). The Morgan fingerprint density at radius 1 is 1.47 bits per heavy atom. The lowest BCUT2D eigenvalue weighted by Gasteiger charge is -2.36. The number of nitrogens with zero attached hydrogens (tertiary/aromatic N) is 1. The van der Waals surface area contributed by atoms with Crippen molar-refractivity contribution < 1.29 is 14.6 Å². The SMILES string of the molecule is COC1CN(C(=O)c2ccc(O)cc2C)CCC1C. The molecule has 0 bridgehead atoms. The molecule has 1 aromatic rings. The number of phenols is 1. The van der Waals surface area contributed by atoms with E-state index < -0.39 is 0 Å². The van der Waals surface area contributed by atoms with E-state index in [0.29, 0.717) is 18.0 Å². The molecule has 1 saturated heterocycles. The highest BCUT2D eigenvalue weighted by Gasteiger charge is 2.29. The molecule has 4 nitrogen and oxygen atoms in total. The minimum Gasteiger partial charge on any atom is -0.508 e. The summed E-state index contributed by atoms with van der Waals surface area (Å²) in [5.74, 6) is 0.692. The van der Waals surface area contributed by atoms with Gasteiger partial charge in [0.05, 0.1) is 6.10 Å². The predicted molar refractivity (Wildman–Crippen MR) is 73.3 cm³/mol. The molecule has 2 atom stereocenters. The number of phenolic OH excluding ortho intramolecular Hbond substituents is 1. The van der Waals surface area contributed by atoms with Crippen LogP contribution in [0.2, 0.25) is 0 Å². The number of likely N-dealkylation sites (tertiary alicyclic amines) is 1. The number of amides is 1. The second-order valence-corrected chi connectivity index (χ2v) is 5.29. The normalized spacial score (nSPS) is 23.4. The molecular formula is C15H21NO3. The fourth-order valence-corrected chi connectivity index (χ4v) is 2.58. The van der Waals surface area contributed by atoms with Gasteiger partial charge in [-0.1, -0.05) is 6.92 Å². The second-order valence-electron chi connectivity index (χ2n) is 5.29. The zero-order valence-electron chi connectivity index (χ0n) is 11.7. The Morgan fingerprint density at radius 2 is 2.21 bits per heavy atom. The molecular weight excluding hydrogens is 242 g/mol. The van der Waals surface area contributed by atoms with Gasteiger partial charge in [-0.3, -0.25) is 4.79 Å². The predicted octanol–water partition coefficient (Wildman–Crippen LogP) is 2.20. The summed E-state index contributed by atoms with van der Waals surface area (Å²) in [6, 6.07) is 4.86. The monoisotopic (exact) mass is 263 g/mol. The highest BCUT2D eigenvalue weighted by molar-refractivity contribution is 5.95. The van der Waals surface area contributed by atoms with E-state index in [9.17, 15) is 9.90 Å². The number of ether oxygens (including phenoxy) is 1. The summed E-state index contributed by atoms with van der Waals surface area (Å²) in [6.45, 7) is 5.39. The number of piperidine rings is 1. The number of carbonyl (C=O) groups excluding carboxylic acids is 1. The summed E-state index contributed by atoms with van der Waals surface area (Å²) in [7, 11) is 1.70. The van der Waals surface area contributed by atoms with Crippen LogP contribution in [0.5, 0.6) is 5.75 Å². The molecule has 1 N–H and O–H groups in total. The van der Waals surface area contributed by atoms with Crippen LogP contribution in [0.4, 0.5) is 0 Å². The summed E-state index contributed by atoms with van der Waals surface area (Å²) in [5, 5.41) is 9.40. The highest BCUT2D eigenvalue weighted by Crippen LogP contribution is 2.23. The maximum absolute atomic E-state index is 12.5. The van der Waals surface area contributed by atoms with E-state index in [1.165, 1.54) is 0 Å². The molecule has 104 valence electrons. The van der Waals surface area contributed by atoms with Crippen molar-refractivity contribution in [3.63, 3.8) is 0 Å². The number of methoxy groups -OCH3 is 1. The lowest BCUT2D eigenvalue weighted by molar-refractivity contribution is -0.00159. The third kappa shape index (κ3) is 2.89. The van der Waals surface area contributed by atoms with Crippen LogP contribution in [-0.2, 0) is 4.74 Å². The van der Waals surface area contributed by atoms with Gasteiger partial charge in [-0.05, 0) is 43.0 Å². The summed E-state index contributed by atoms with van der Waals surface area (Å²) in [5.41, 5.74) is 1.46. The Morgan fingerprint density at radius 3 is 2.84 bits per heavy atom. The first-order valence-corrected chi connectivity index (χ1v) is 6.64. The maximum atomic E-state index is 12.5. The van der Waals surface area contributed by atoms with E-state index in [-0.39, 0.29) is 17.8 Å². The fourth-order valence-electron chi connectivity index (χ4n) is 2.58. The van der Waals surface area contributed by atoms with Crippen molar-refractivity contribution in [2.75, 3.05) is 20.2 Å². The molecule has 0 saturated carbocycles. The third-order valence-corrected chi connectivity index (χ3v) is 3.92. The van der Waals surface area contributed by atoms with Gasteiger partial charge in [-0.2, -0.15) is 0 Å². The highest BCUT2D eigenvalue weighted by atomic mass is 16.5. The molecule has 0 aromatic heterocycles. The van der Waals surface area contributed by atoms with Crippen LogP contribution in [0.15, 0.2) is 18.2 Å². The number of benzene rings is 1. The molecule has 0 radical (unpaired) electrons. The van der Waals surface area contributed by atoms with Crippen molar-refractivity contribution in [1.82, 2.24) is 4.90 Å². The van der Waals surface area contributed by atoms with Gasteiger partial charge < -0.3 is 14.7 Å². The Hall–Kier alpha value is -1.55. The minimum atomic E-state index is 0.0199. The van der Waals surface area contributed by atoms with Gasteiger partial charge in [0, 0.05) is 25.8 Å². The molecule has 2 unspecified atom stereocenters. The lowest BCUT2D eigenvalue weighted by Crippen LogP contribution is -2.46. The third-order valence-electron chi connectivity index (χ3n) is 3.92. The summed E-state index contributed by atoms with van der Waals surface area (Å²) in [6.07, 6.45) is 1.07. The summed E-state index contributed by atoms with van der Waals surface area (Å²) < 4.78 is 5.44. The quantitative estimate of drug-likeness (QED) is 0.890. The van der Waals surface area contributed by atoms with Crippen molar-refractivity contribution in [2.24, 2.45) is 5.92 Å². The molecule has 1 aliphatic rings. The van der Waals surface area contributed by atoms with Gasteiger partial charge in [0.2, 0.25) is 0 Å². The van der Waals surface area contributed by atoms with Gasteiger partial charge in [-0.15, -0.1) is 0 Å². The zero-order valence-corrected chi connectivity index (χ0v) is 11.7. The van der Waals surface area contributed by atoms with Crippen molar-refractivity contribution in [3.05, 3.63) is 29.3 Å². The molecule has 1 amide bonds. The van der Waals surface area contributed by atoms with E-state index in [1.54, 1.807) is 25.3 Å². The van der Waals surface area contributed by atoms with Crippen LogP contribution >= 0.6 is 0 Å². The van der Waals surface area contributed by atoms with Crippen molar-refractivity contribution >= 4 is 5.91 Å². The van der Waals surface area contributed by atoms with Gasteiger partial charge in [0.15, 0.2) is 0 Å². The number of hydrogen-bond donors (Lipinski definition) is 1. The van der Waals surface area contributed by atoms with Crippen LogP contribution < -0.4 is 0 Å². The fraction of sp³-hybridized carbons (Fsp3) is 0.533. The van der Waals surface area contributed by atoms with Crippen molar-refractivity contribution in [1.29, 1.82) is 0 Å². The zero-order chi connectivity index (χ0) is 14.0. The number of hydrogen-bond acceptors (Lipinski definition) is 3. The number of aryl methyl sites for hydroxylation is 1. The van der Waals surface area contributed by atoms with Gasteiger partial charge in [0.25, 0.3) is 5.91 Å². The molecule has 1 heterocycles. The Labute approximate surface area is 114 Å². The molecule has 0 aliphatic carbocycles. The van der Waals surface area contributed by atoms with E-state index in [1.807, 2.05) is 11.8 Å². The molecule has 0 spiro atoms. The Balaban J connectivity index is 2.15. The van der Waals surface area contributed by atoms with Gasteiger partial charge in [0.1, 0.15) is 5.75 Å². The van der Waals surface area contributed by atoms with Crippen molar-refractivity contribution in [3.8, 4) is 5.75 Å².